The number of aryl methyl sites for hydroxylation is 1. The summed E-state index contributed by atoms with van der Waals surface area (Å²) in [4.78, 5) is 4.49. The lowest BCUT2D eigenvalue weighted by Gasteiger charge is -2.03. The van der Waals surface area contributed by atoms with Crippen LogP contribution in [0.3, 0.4) is 0 Å². The van der Waals surface area contributed by atoms with Gasteiger partial charge in [-0.3, -0.25) is 9.67 Å². The van der Waals surface area contributed by atoms with Crippen LogP contribution in [0.25, 0.3) is 10.9 Å². The number of benzene rings is 1. The third-order valence-electron chi connectivity index (χ3n) is 2.81. The minimum atomic E-state index is 0.717. The minimum Gasteiger partial charge on any atom is -0.259 e. The molecule has 0 unspecified atom stereocenters. The minimum absolute atomic E-state index is 0.717. The van der Waals surface area contributed by atoms with Crippen LogP contribution in [-0.2, 0) is 6.54 Å². The monoisotopic (exact) mass is 223 g/mol. The van der Waals surface area contributed by atoms with Crippen molar-refractivity contribution in [3.8, 4) is 0 Å². The van der Waals surface area contributed by atoms with Crippen LogP contribution in [-0.4, -0.2) is 14.8 Å². The second-order valence-corrected chi connectivity index (χ2v) is 4.13. The van der Waals surface area contributed by atoms with Gasteiger partial charge in [0.2, 0.25) is 0 Å². The first kappa shape index (κ1) is 10.0. The molecule has 3 rings (SSSR count). The Balaban J connectivity index is 2.00. The summed E-state index contributed by atoms with van der Waals surface area (Å²) in [6.45, 7) is 2.72. The molecular formula is C14H13N3. The van der Waals surface area contributed by atoms with Crippen molar-refractivity contribution in [2.45, 2.75) is 13.5 Å². The molecule has 0 N–H and O–H groups in total. The van der Waals surface area contributed by atoms with Crippen molar-refractivity contribution in [3.05, 3.63) is 60.0 Å². The van der Waals surface area contributed by atoms with E-state index in [4.69, 9.17) is 0 Å². The molecule has 0 saturated carbocycles. The van der Waals surface area contributed by atoms with Crippen molar-refractivity contribution >= 4 is 10.9 Å². The molecule has 0 radical (unpaired) electrons. The lowest BCUT2D eigenvalue weighted by Crippen LogP contribution is -2.03. The Labute approximate surface area is 99.7 Å². The van der Waals surface area contributed by atoms with Crippen molar-refractivity contribution in [2.75, 3.05) is 0 Å². The van der Waals surface area contributed by atoms with Crippen LogP contribution in [0, 0.1) is 6.92 Å². The first-order chi connectivity index (χ1) is 8.33. The van der Waals surface area contributed by atoms with E-state index < -0.39 is 0 Å². The van der Waals surface area contributed by atoms with E-state index in [-0.39, 0.29) is 0 Å². The molecule has 2 aromatic heterocycles. The number of hydrogen-bond donors (Lipinski definition) is 0. The molecule has 0 atom stereocenters. The first-order valence-electron chi connectivity index (χ1n) is 5.66. The maximum atomic E-state index is 4.49. The van der Waals surface area contributed by atoms with Crippen LogP contribution in [0.2, 0.25) is 0 Å². The number of hydrogen-bond acceptors (Lipinski definition) is 2. The molecule has 17 heavy (non-hydrogen) atoms. The average molecular weight is 223 g/mol. The van der Waals surface area contributed by atoms with Crippen LogP contribution >= 0.6 is 0 Å². The Bertz CT molecular complexity index is 655. The second kappa shape index (κ2) is 4.01. The predicted molar refractivity (Wildman–Crippen MR) is 67.8 cm³/mol. The molecule has 0 saturated heterocycles. The zero-order valence-corrected chi connectivity index (χ0v) is 9.67. The van der Waals surface area contributed by atoms with Gasteiger partial charge in [-0.1, -0.05) is 24.3 Å². The zero-order chi connectivity index (χ0) is 11.7. The van der Waals surface area contributed by atoms with Crippen molar-refractivity contribution < 1.29 is 0 Å². The molecule has 1 aromatic carbocycles. The van der Waals surface area contributed by atoms with Gasteiger partial charge in [-0.05, 0) is 25.1 Å². The maximum absolute atomic E-state index is 4.49. The van der Waals surface area contributed by atoms with Crippen LogP contribution in [0.5, 0.6) is 0 Å². The molecule has 0 amide bonds. The summed E-state index contributed by atoms with van der Waals surface area (Å²) in [5.41, 5.74) is 3.23. The lowest BCUT2D eigenvalue weighted by atomic mass is 10.2. The molecule has 0 fully saturated rings. The van der Waals surface area contributed by atoms with Crippen molar-refractivity contribution in [3.63, 3.8) is 0 Å². The summed E-state index contributed by atoms with van der Waals surface area (Å²) in [5, 5.41) is 5.56. The van der Waals surface area contributed by atoms with Gasteiger partial charge in [-0.15, -0.1) is 0 Å². The second-order valence-electron chi connectivity index (χ2n) is 4.13. The van der Waals surface area contributed by atoms with Gasteiger partial charge in [0.25, 0.3) is 0 Å². The molecule has 3 nitrogen and oxygen atoms in total. The Morgan fingerprint density at radius 2 is 1.94 bits per heavy atom. The summed E-state index contributed by atoms with van der Waals surface area (Å²) in [6, 6.07) is 14.3. The van der Waals surface area contributed by atoms with Gasteiger partial charge >= 0.3 is 0 Å². The Morgan fingerprint density at radius 1 is 1.06 bits per heavy atom. The Hall–Kier alpha value is -2.16. The van der Waals surface area contributed by atoms with E-state index in [1.54, 1.807) is 0 Å². The van der Waals surface area contributed by atoms with Crippen LogP contribution < -0.4 is 0 Å². The van der Waals surface area contributed by atoms with Crippen molar-refractivity contribution in [1.82, 2.24) is 14.8 Å². The van der Waals surface area contributed by atoms with E-state index in [2.05, 4.69) is 22.2 Å². The zero-order valence-electron chi connectivity index (χ0n) is 9.67. The van der Waals surface area contributed by atoms with Gasteiger partial charge in [-0.2, -0.15) is 5.10 Å². The predicted octanol–water partition coefficient (Wildman–Crippen LogP) is 2.79. The van der Waals surface area contributed by atoms with Gasteiger partial charge in [-0.25, -0.2) is 0 Å². The third-order valence-corrected chi connectivity index (χ3v) is 2.81. The molecule has 0 spiro atoms. The maximum Gasteiger partial charge on any atom is 0.0838 e. The third kappa shape index (κ3) is 1.91. The van der Waals surface area contributed by atoms with E-state index in [1.165, 1.54) is 5.39 Å². The number of fused-ring (bicyclic) bond motifs is 1. The fourth-order valence-corrected chi connectivity index (χ4v) is 1.99. The quantitative estimate of drug-likeness (QED) is 0.668. The number of rotatable bonds is 2. The molecule has 3 heteroatoms. The van der Waals surface area contributed by atoms with Gasteiger partial charge in [0.15, 0.2) is 0 Å². The fourth-order valence-electron chi connectivity index (χ4n) is 1.99. The van der Waals surface area contributed by atoms with Gasteiger partial charge in [0.1, 0.15) is 0 Å². The number of nitrogens with zero attached hydrogens (tertiary/aromatic N) is 3. The molecule has 0 aliphatic rings. The first-order valence-corrected chi connectivity index (χ1v) is 5.66. The summed E-state index contributed by atoms with van der Waals surface area (Å²) in [7, 11) is 0. The normalized spacial score (nSPS) is 10.9. The van der Waals surface area contributed by atoms with Gasteiger partial charge in [0, 0.05) is 11.1 Å². The highest BCUT2D eigenvalue weighted by atomic mass is 15.3. The number of aromatic nitrogens is 3. The summed E-state index contributed by atoms with van der Waals surface area (Å²) in [5.74, 6) is 0. The largest absolute Gasteiger partial charge is 0.259 e. The van der Waals surface area contributed by atoms with Gasteiger partial charge in [0.05, 0.1) is 24.0 Å². The molecule has 3 aromatic rings. The Kier molecular flexibility index (Phi) is 2.37. The summed E-state index contributed by atoms with van der Waals surface area (Å²) in [6.07, 6.45) is 1.89. The van der Waals surface area contributed by atoms with Crippen LogP contribution in [0.4, 0.5) is 0 Å². The SMILES string of the molecule is Cc1cccc(Cn2ncc3ccccc32)n1. The van der Waals surface area contributed by atoms with E-state index >= 15 is 0 Å². The van der Waals surface area contributed by atoms with E-state index in [0.29, 0.717) is 0 Å². The van der Waals surface area contributed by atoms with E-state index in [0.717, 1.165) is 23.4 Å². The summed E-state index contributed by atoms with van der Waals surface area (Å²) < 4.78 is 1.98. The standard InChI is InChI=1S/C14H13N3/c1-11-5-4-7-13(16-11)10-17-14-8-3-2-6-12(14)9-15-17/h2-9H,10H2,1H3. The van der Waals surface area contributed by atoms with Crippen molar-refractivity contribution in [2.24, 2.45) is 0 Å². The van der Waals surface area contributed by atoms with Gasteiger partial charge < -0.3 is 0 Å². The van der Waals surface area contributed by atoms with E-state index in [1.807, 2.05) is 48.1 Å². The molecule has 84 valence electrons. The highest BCUT2D eigenvalue weighted by Crippen LogP contribution is 2.13. The molecule has 0 aliphatic heterocycles. The lowest BCUT2D eigenvalue weighted by molar-refractivity contribution is 0.694. The highest BCUT2D eigenvalue weighted by molar-refractivity contribution is 5.78. The fraction of sp³-hybridized carbons (Fsp3) is 0.143. The number of pyridine rings is 1. The molecule has 0 aliphatic carbocycles. The molecule has 2 heterocycles. The molecular weight excluding hydrogens is 210 g/mol. The summed E-state index contributed by atoms with van der Waals surface area (Å²) >= 11 is 0. The Morgan fingerprint density at radius 3 is 2.82 bits per heavy atom. The van der Waals surface area contributed by atoms with Crippen LogP contribution in [0.15, 0.2) is 48.7 Å². The highest BCUT2D eigenvalue weighted by Gasteiger charge is 2.03. The van der Waals surface area contributed by atoms with Crippen molar-refractivity contribution in [1.29, 1.82) is 0 Å². The van der Waals surface area contributed by atoms with Crippen LogP contribution in [0.1, 0.15) is 11.4 Å². The molecule has 0 bridgehead atoms. The number of para-hydroxylation sites is 1. The average Bonchev–Trinajstić information content (AvgIpc) is 2.73. The topological polar surface area (TPSA) is 30.7 Å². The van der Waals surface area contributed by atoms with E-state index in [9.17, 15) is 0 Å². The smallest absolute Gasteiger partial charge is 0.0838 e.